The van der Waals surface area contributed by atoms with Gasteiger partial charge in [-0.2, -0.15) is 0 Å². The second-order valence-electron chi connectivity index (χ2n) is 6.57. The predicted molar refractivity (Wildman–Crippen MR) is 110 cm³/mol. The lowest BCUT2D eigenvalue weighted by Gasteiger charge is -2.25. The number of aryl methyl sites for hydroxylation is 1. The van der Waals surface area contributed by atoms with E-state index < -0.39 is 0 Å². The zero-order valence-corrected chi connectivity index (χ0v) is 15.2. The summed E-state index contributed by atoms with van der Waals surface area (Å²) in [4.78, 5) is 19.5. The molecule has 0 saturated heterocycles. The van der Waals surface area contributed by atoms with Crippen LogP contribution in [0.3, 0.4) is 0 Å². The van der Waals surface area contributed by atoms with Crippen LogP contribution in [0.5, 0.6) is 0 Å². The van der Waals surface area contributed by atoms with Gasteiger partial charge in [-0.1, -0.05) is 66.7 Å². The van der Waals surface area contributed by atoms with Gasteiger partial charge in [0.2, 0.25) is 0 Å². The maximum atomic E-state index is 13.5. The van der Waals surface area contributed by atoms with Crippen LogP contribution in [-0.2, 0) is 6.54 Å². The van der Waals surface area contributed by atoms with Gasteiger partial charge in [-0.3, -0.25) is 9.78 Å². The molecule has 3 aromatic carbocycles. The molecule has 27 heavy (non-hydrogen) atoms. The monoisotopic (exact) mass is 352 g/mol. The zero-order chi connectivity index (χ0) is 18.6. The summed E-state index contributed by atoms with van der Waals surface area (Å²) in [5, 5.41) is 2.18. The Balaban J connectivity index is 1.85. The Morgan fingerprint density at radius 1 is 0.889 bits per heavy atom. The molecular formula is C24H20N2O. The molecule has 0 radical (unpaired) electrons. The summed E-state index contributed by atoms with van der Waals surface area (Å²) in [6, 6.07) is 26.1. The van der Waals surface area contributed by atoms with Crippen LogP contribution >= 0.6 is 0 Å². The predicted octanol–water partition coefficient (Wildman–Crippen LogP) is 5.39. The molecule has 1 amide bonds. The molecule has 0 spiro atoms. The van der Waals surface area contributed by atoms with Crippen molar-refractivity contribution in [3.05, 3.63) is 108 Å². The van der Waals surface area contributed by atoms with Crippen LogP contribution in [0.25, 0.3) is 10.8 Å². The number of fused-ring (bicyclic) bond motifs is 1. The first-order chi connectivity index (χ1) is 13.2. The summed E-state index contributed by atoms with van der Waals surface area (Å²) < 4.78 is 0. The number of benzene rings is 3. The Hall–Kier alpha value is -3.46. The number of carbonyl (C=O) groups excluding carboxylic acids is 1. The molecule has 0 aliphatic heterocycles. The van der Waals surface area contributed by atoms with Crippen LogP contribution in [-0.4, -0.2) is 10.9 Å². The fourth-order valence-electron chi connectivity index (χ4n) is 3.33. The zero-order valence-electron chi connectivity index (χ0n) is 15.2. The van der Waals surface area contributed by atoms with Crippen LogP contribution in [0, 0.1) is 6.92 Å². The van der Waals surface area contributed by atoms with E-state index in [1.165, 1.54) is 0 Å². The number of pyridine rings is 1. The largest absolute Gasteiger partial charge is 0.303 e. The van der Waals surface area contributed by atoms with Crippen LogP contribution < -0.4 is 4.90 Å². The van der Waals surface area contributed by atoms with Gasteiger partial charge in [-0.15, -0.1) is 0 Å². The Kier molecular flexibility index (Phi) is 4.67. The number of carbonyl (C=O) groups is 1. The Labute approximate surface area is 158 Å². The highest BCUT2D eigenvalue weighted by Crippen LogP contribution is 2.29. The summed E-state index contributed by atoms with van der Waals surface area (Å²) in [6.45, 7) is 2.43. The van der Waals surface area contributed by atoms with E-state index in [2.05, 4.69) is 23.2 Å². The first-order valence-corrected chi connectivity index (χ1v) is 8.98. The third kappa shape index (κ3) is 3.44. The van der Waals surface area contributed by atoms with E-state index in [1.807, 2.05) is 66.4 Å². The van der Waals surface area contributed by atoms with E-state index in [9.17, 15) is 4.79 Å². The van der Waals surface area contributed by atoms with Crippen molar-refractivity contribution in [3.8, 4) is 0 Å². The molecule has 132 valence electrons. The lowest BCUT2D eigenvalue weighted by molar-refractivity contribution is 0.0984. The minimum atomic E-state index is -0.0184. The number of hydrogen-bond donors (Lipinski definition) is 0. The molecule has 0 saturated carbocycles. The summed E-state index contributed by atoms with van der Waals surface area (Å²) in [5.74, 6) is -0.0184. The first-order valence-electron chi connectivity index (χ1n) is 8.98. The first kappa shape index (κ1) is 17.0. The Bertz CT molecular complexity index is 1080. The van der Waals surface area contributed by atoms with Gasteiger partial charge in [0.1, 0.15) is 0 Å². The van der Waals surface area contributed by atoms with E-state index in [4.69, 9.17) is 0 Å². The van der Waals surface area contributed by atoms with Crippen molar-refractivity contribution in [1.82, 2.24) is 4.98 Å². The van der Waals surface area contributed by atoms with Crippen LogP contribution in [0.2, 0.25) is 0 Å². The van der Waals surface area contributed by atoms with E-state index >= 15 is 0 Å². The number of hydrogen-bond acceptors (Lipinski definition) is 2. The lowest BCUT2D eigenvalue weighted by atomic mass is 10.0. The van der Waals surface area contributed by atoms with E-state index in [1.54, 1.807) is 18.5 Å². The second kappa shape index (κ2) is 7.42. The summed E-state index contributed by atoms with van der Waals surface area (Å²) >= 11 is 0. The van der Waals surface area contributed by atoms with Crippen LogP contribution in [0.4, 0.5) is 5.69 Å². The summed E-state index contributed by atoms with van der Waals surface area (Å²) in [7, 11) is 0. The van der Waals surface area contributed by atoms with E-state index in [0.717, 1.165) is 27.6 Å². The SMILES string of the molecule is Cc1cnccc1C(=O)N(Cc1ccccc1)c1cccc2ccccc12. The van der Waals surface area contributed by atoms with Crippen molar-refractivity contribution in [2.75, 3.05) is 4.90 Å². The molecule has 0 aliphatic carbocycles. The second-order valence-corrected chi connectivity index (χ2v) is 6.57. The molecule has 1 aromatic heterocycles. The van der Waals surface area contributed by atoms with Gasteiger partial charge >= 0.3 is 0 Å². The number of amides is 1. The Morgan fingerprint density at radius 3 is 2.44 bits per heavy atom. The summed E-state index contributed by atoms with van der Waals surface area (Å²) in [6.07, 6.45) is 3.40. The fourth-order valence-corrected chi connectivity index (χ4v) is 3.33. The minimum Gasteiger partial charge on any atom is -0.303 e. The minimum absolute atomic E-state index is 0.0184. The van der Waals surface area contributed by atoms with Crippen molar-refractivity contribution in [2.24, 2.45) is 0 Å². The topological polar surface area (TPSA) is 33.2 Å². The molecule has 0 aliphatic rings. The number of rotatable bonds is 4. The number of anilines is 1. The van der Waals surface area contributed by atoms with Gasteiger partial charge in [-0.25, -0.2) is 0 Å². The average molecular weight is 352 g/mol. The molecule has 4 rings (SSSR count). The van der Waals surface area contributed by atoms with Crippen LogP contribution in [0.15, 0.2) is 91.3 Å². The number of nitrogens with zero attached hydrogens (tertiary/aromatic N) is 2. The van der Waals surface area contributed by atoms with Gasteiger partial charge in [0.05, 0.1) is 12.2 Å². The van der Waals surface area contributed by atoms with E-state index in [-0.39, 0.29) is 5.91 Å². The maximum absolute atomic E-state index is 13.5. The van der Waals surface area contributed by atoms with Crippen molar-refractivity contribution < 1.29 is 4.79 Å². The maximum Gasteiger partial charge on any atom is 0.258 e. The molecule has 0 unspecified atom stereocenters. The van der Waals surface area contributed by atoms with E-state index in [0.29, 0.717) is 12.1 Å². The summed E-state index contributed by atoms with van der Waals surface area (Å²) in [5.41, 5.74) is 3.55. The van der Waals surface area contributed by atoms with Crippen LogP contribution in [0.1, 0.15) is 21.5 Å². The van der Waals surface area contributed by atoms with Crippen molar-refractivity contribution in [2.45, 2.75) is 13.5 Å². The molecule has 3 heteroatoms. The van der Waals surface area contributed by atoms with Crippen molar-refractivity contribution >= 4 is 22.4 Å². The number of aromatic nitrogens is 1. The molecular weight excluding hydrogens is 332 g/mol. The third-order valence-corrected chi connectivity index (χ3v) is 4.74. The molecule has 4 aromatic rings. The van der Waals surface area contributed by atoms with Crippen molar-refractivity contribution in [1.29, 1.82) is 0 Å². The smallest absolute Gasteiger partial charge is 0.258 e. The third-order valence-electron chi connectivity index (χ3n) is 4.74. The Morgan fingerprint density at radius 2 is 1.63 bits per heavy atom. The molecule has 0 N–H and O–H groups in total. The molecule has 3 nitrogen and oxygen atoms in total. The molecule has 0 bridgehead atoms. The van der Waals surface area contributed by atoms with Gasteiger partial charge in [0, 0.05) is 23.3 Å². The molecule has 0 fully saturated rings. The highest BCUT2D eigenvalue weighted by Gasteiger charge is 2.21. The van der Waals surface area contributed by atoms with Crippen molar-refractivity contribution in [3.63, 3.8) is 0 Å². The van der Waals surface area contributed by atoms with Gasteiger partial charge in [-0.05, 0) is 35.6 Å². The standard InChI is InChI=1S/C24H20N2O/c1-18-16-25-15-14-21(18)24(27)26(17-19-8-3-2-4-9-19)23-13-7-11-20-10-5-6-12-22(20)23/h2-16H,17H2,1H3. The average Bonchev–Trinajstić information content (AvgIpc) is 2.72. The lowest BCUT2D eigenvalue weighted by Crippen LogP contribution is -2.31. The van der Waals surface area contributed by atoms with Gasteiger partial charge in [0.15, 0.2) is 0 Å². The van der Waals surface area contributed by atoms with Gasteiger partial charge in [0.25, 0.3) is 5.91 Å². The fraction of sp³-hybridized carbons (Fsp3) is 0.0833. The molecule has 0 atom stereocenters. The quantitative estimate of drug-likeness (QED) is 0.493. The highest BCUT2D eigenvalue weighted by atomic mass is 16.2. The normalized spacial score (nSPS) is 10.7. The highest BCUT2D eigenvalue weighted by molar-refractivity contribution is 6.11. The molecule has 1 heterocycles. The van der Waals surface area contributed by atoms with Gasteiger partial charge < -0.3 is 4.90 Å².